The van der Waals surface area contributed by atoms with Crippen molar-refractivity contribution in [2.24, 2.45) is 12.8 Å². The van der Waals surface area contributed by atoms with Gasteiger partial charge in [-0.2, -0.15) is 0 Å². The molecule has 1 heterocycles. The number of benzene rings is 1. The number of anilines is 1. The lowest BCUT2D eigenvalue weighted by molar-refractivity contribution is 0.598. The normalized spacial score (nSPS) is 11.6. The highest BCUT2D eigenvalue weighted by Crippen LogP contribution is 2.28. The van der Waals surface area contributed by atoms with Crippen LogP contribution >= 0.6 is 15.9 Å². The predicted octanol–water partition coefficient (Wildman–Crippen LogP) is 2.19. The Morgan fingerprint density at radius 3 is 2.70 bits per heavy atom. The van der Waals surface area contributed by atoms with Gasteiger partial charge in [-0.3, -0.25) is 4.72 Å². The van der Waals surface area contributed by atoms with Crippen molar-refractivity contribution in [2.75, 3.05) is 4.72 Å². The summed E-state index contributed by atoms with van der Waals surface area (Å²) < 4.78 is 42.3. The molecular weight excluding hydrogens is 349 g/mol. The number of sulfonamides is 1. The maximum atomic E-state index is 13.7. The number of aryl methyl sites for hydroxylation is 1. The zero-order chi connectivity index (χ0) is 14.9. The molecule has 0 aliphatic heterocycles. The van der Waals surface area contributed by atoms with E-state index in [2.05, 4.69) is 20.7 Å². The molecule has 0 aliphatic rings. The topological polar surface area (TPSA) is 77.1 Å². The van der Waals surface area contributed by atoms with E-state index in [1.807, 2.05) is 0 Å². The summed E-state index contributed by atoms with van der Waals surface area (Å²) in [4.78, 5) is 0.0376. The summed E-state index contributed by atoms with van der Waals surface area (Å²) in [6, 6.07) is 5.67. The SMILES string of the molecule is Cn1cc(S(=O)(=O)Nc2c(F)cccc2Br)cc1CN. The van der Waals surface area contributed by atoms with E-state index in [-0.39, 0.29) is 17.1 Å². The Hall–Kier alpha value is -1.38. The van der Waals surface area contributed by atoms with Crippen LogP contribution in [0.2, 0.25) is 0 Å². The van der Waals surface area contributed by atoms with Gasteiger partial charge >= 0.3 is 0 Å². The Morgan fingerprint density at radius 2 is 2.15 bits per heavy atom. The maximum Gasteiger partial charge on any atom is 0.263 e. The van der Waals surface area contributed by atoms with Crippen LogP contribution in [0.4, 0.5) is 10.1 Å². The monoisotopic (exact) mass is 361 g/mol. The molecule has 20 heavy (non-hydrogen) atoms. The molecule has 0 radical (unpaired) electrons. The standard InChI is InChI=1S/C12H13BrFN3O2S/c1-17-7-9(5-8(17)6-15)20(18,19)16-12-10(13)3-2-4-11(12)14/h2-5,7,16H,6,15H2,1H3. The molecule has 0 aliphatic carbocycles. The summed E-state index contributed by atoms with van der Waals surface area (Å²) in [5.41, 5.74) is 6.05. The second-order valence-electron chi connectivity index (χ2n) is 4.18. The quantitative estimate of drug-likeness (QED) is 0.875. The highest BCUT2D eigenvalue weighted by Gasteiger charge is 2.20. The molecule has 0 atom stereocenters. The molecule has 108 valence electrons. The summed E-state index contributed by atoms with van der Waals surface area (Å²) >= 11 is 3.11. The van der Waals surface area contributed by atoms with E-state index in [4.69, 9.17) is 5.73 Å². The zero-order valence-corrected chi connectivity index (χ0v) is 13.0. The fourth-order valence-electron chi connectivity index (χ4n) is 1.72. The Balaban J connectivity index is 2.41. The number of nitrogens with zero attached hydrogens (tertiary/aromatic N) is 1. The van der Waals surface area contributed by atoms with Gasteiger partial charge in [-0.1, -0.05) is 6.07 Å². The fourth-order valence-corrected chi connectivity index (χ4v) is 3.47. The number of nitrogens with two attached hydrogens (primary N) is 1. The zero-order valence-electron chi connectivity index (χ0n) is 10.6. The first-order valence-corrected chi connectivity index (χ1v) is 7.95. The molecule has 0 fully saturated rings. The first-order chi connectivity index (χ1) is 9.35. The average molecular weight is 362 g/mol. The summed E-state index contributed by atoms with van der Waals surface area (Å²) in [7, 11) is -2.17. The number of rotatable bonds is 4. The van der Waals surface area contributed by atoms with E-state index in [1.54, 1.807) is 17.7 Å². The first kappa shape index (κ1) is 15.0. The smallest absolute Gasteiger partial charge is 0.263 e. The largest absolute Gasteiger partial charge is 0.352 e. The van der Waals surface area contributed by atoms with Crippen molar-refractivity contribution in [1.82, 2.24) is 4.57 Å². The van der Waals surface area contributed by atoms with E-state index in [0.717, 1.165) is 0 Å². The summed E-state index contributed by atoms with van der Waals surface area (Å²) in [6.07, 6.45) is 1.43. The molecule has 0 unspecified atom stereocenters. The van der Waals surface area contributed by atoms with Crippen molar-refractivity contribution in [3.05, 3.63) is 46.4 Å². The molecule has 5 nitrogen and oxygen atoms in total. The third-order valence-electron chi connectivity index (χ3n) is 2.80. The Kier molecular flexibility index (Phi) is 4.17. The van der Waals surface area contributed by atoms with Gasteiger partial charge in [0.1, 0.15) is 10.7 Å². The Labute approximate surface area is 124 Å². The highest BCUT2D eigenvalue weighted by molar-refractivity contribution is 9.10. The molecule has 1 aromatic carbocycles. The number of nitrogens with one attached hydrogen (secondary N) is 1. The number of aromatic nitrogens is 1. The lowest BCUT2D eigenvalue weighted by Gasteiger charge is -2.09. The highest BCUT2D eigenvalue weighted by atomic mass is 79.9. The maximum absolute atomic E-state index is 13.7. The van der Waals surface area contributed by atoms with Crippen LogP contribution in [-0.4, -0.2) is 13.0 Å². The van der Waals surface area contributed by atoms with E-state index >= 15 is 0 Å². The van der Waals surface area contributed by atoms with Crippen LogP contribution in [0.5, 0.6) is 0 Å². The van der Waals surface area contributed by atoms with Gasteiger partial charge in [-0.05, 0) is 34.1 Å². The van der Waals surface area contributed by atoms with Crippen molar-refractivity contribution in [2.45, 2.75) is 11.4 Å². The number of halogens is 2. The predicted molar refractivity (Wildman–Crippen MR) is 78.2 cm³/mol. The summed E-state index contributed by atoms with van der Waals surface area (Å²) in [6.45, 7) is 0.218. The van der Waals surface area contributed by atoms with Crippen LogP contribution in [0.25, 0.3) is 0 Å². The molecular formula is C12H13BrFN3O2S. The van der Waals surface area contributed by atoms with Crippen LogP contribution in [0, 0.1) is 5.82 Å². The van der Waals surface area contributed by atoms with Crippen molar-refractivity contribution in [3.63, 3.8) is 0 Å². The minimum absolute atomic E-state index is 0.0376. The van der Waals surface area contributed by atoms with Crippen LogP contribution in [-0.2, 0) is 23.6 Å². The second-order valence-corrected chi connectivity index (χ2v) is 6.72. The minimum atomic E-state index is -3.87. The van der Waals surface area contributed by atoms with Crippen molar-refractivity contribution in [1.29, 1.82) is 0 Å². The minimum Gasteiger partial charge on any atom is -0.352 e. The molecule has 0 saturated carbocycles. The van der Waals surface area contributed by atoms with Crippen molar-refractivity contribution in [3.8, 4) is 0 Å². The van der Waals surface area contributed by atoms with Crippen LogP contribution in [0.15, 0.2) is 39.8 Å². The van der Waals surface area contributed by atoms with E-state index in [0.29, 0.717) is 10.2 Å². The second kappa shape index (κ2) is 5.55. The van der Waals surface area contributed by atoms with Gasteiger partial charge in [0.25, 0.3) is 10.0 Å². The molecule has 0 bridgehead atoms. The number of hydrogen-bond acceptors (Lipinski definition) is 3. The molecule has 2 rings (SSSR count). The average Bonchev–Trinajstić information content (AvgIpc) is 2.76. The van der Waals surface area contributed by atoms with Crippen molar-refractivity contribution < 1.29 is 12.8 Å². The molecule has 1 aromatic heterocycles. The van der Waals surface area contributed by atoms with Crippen molar-refractivity contribution >= 4 is 31.6 Å². The van der Waals surface area contributed by atoms with Gasteiger partial charge in [0.15, 0.2) is 0 Å². The van der Waals surface area contributed by atoms with E-state index in [1.165, 1.54) is 24.4 Å². The van der Waals surface area contributed by atoms with Gasteiger partial charge in [0.05, 0.1) is 5.69 Å². The van der Waals surface area contributed by atoms with Gasteiger partial charge < -0.3 is 10.3 Å². The Morgan fingerprint density at radius 1 is 1.45 bits per heavy atom. The van der Waals surface area contributed by atoms with E-state index in [9.17, 15) is 12.8 Å². The summed E-state index contributed by atoms with van der Waals surface area (Å²) in [5, 5.41) is 0. The number of para-hydroxylation sites is 1. The Bertz CT molecular complexity index is 723. The third kappa shape index (κ3) is 2.87. The molecule has 2 aromatic rings. The van der Waals surface area contributed by atoms with Gasteiger partial charge in [0.2, 0.25) is 0 Å². The fraction of sp³-hybridized carbons (Fsp3) is 0.167. The summed E-state index contributed by atoms with van der Waals surface area (Å²) in [5.74, 6) is -0.655. The molecule has 0 amide bonds. The first-order valence-electron chi connectivity index (χ1n) is 5.67. The lowest BCUT2D eigenvalue weighted by Crippen LogP contribution is -2.13. The molecule has 3 N–H and O–H groups in total. The molecule has 0 saturated heterocycles. The van der Waals surface area contributed by atoms with Crippen LogP contribution in [0.3, 0.4) is 0 Å². The molecule has 8 heteroatoms. The molecule has 0 spiro atoms. The van der Waals surface area contributed by atoms with Gasteiger partial charge in [0, 0.05) is 30.0 Å². The lowest BCUT2D eigenvalue weighted by atomic mass is 10.3. The van der Waals surface area contributed by atoms with Gasteiger partial charge in [-0.25, -0.2) is 12.8 Å². The van der Waals surface area contributed by atoms with Gasteiger partial charge in [-0.15, -0.1) is 0 Å². The van der Waals surface area contributed by atoms with Crippen LogP contribution < -0.4 is 10.5 Å². The van der Waals surface area contributed by atoms with Crippen LogP contribution in [0.1, 0.15) is 5.69 Å². The van der Waals surface area contributed by atoms with E-state index < -0.39 is 15.8 Å². The third-order valence-corrected chi connectivity index (χ3v) is 4.78. The number of hydrogen-bond donors (Lipinski definition) is 2.